The molecule has 0 aliphatic carbocycles. The van der Waals surface area contributed by atoms with Crippen molar-refractivity contribution in [3.63, 3.8) is 0 Å². The Balaban J connectivity index is 0.00000400. The van der Waals surface area contributed by atoms with Gasteiger partial charge in [0.2, 0.25) is 0 Å². The monoisotopic (exact) mass is 425 g/mol. The maximum atomic E-state index is 11.2. The Morgan fingerprint density at radius 2 is 2.19 bits per heavy atom. The van der Waals surface area contributed by atoms with Crippen LogP contribution in [0.5, 0.6) is 0 Å². The highest BCUT2D eigenvalue weighted by atomic mass is 127. The number of aliphatic imine (C=N–C) groups is 1. The summed E-state index contributed by atoms with van der Waals surface area (Å²) in [7, 11) is 0. The van der Waals surface area contributed by atoms with Crippen LogP contribution in [-0.4, -0.2) is 31.6 Å². The Morgan fingerprint density at radius 3 is 2.81 bits per heavy atom. The number of rotatable bonds is 8. The summed E-state index contributed by atoms with van der Waals surface area (Å²) in [5.41, 5.74) is 1.21. The Kier molecular flexibility index (Phi) is 12.4. The van der Waals surface area contributed by atoms with E-state index < -0.39 is 0 Å². The van der Waals surface area contributed by atoms with E-state index in [2.05, 4.69) is 27.1 Å². The molecule has 1 heterocycles. The van der Waals surface area contributed by atoms with Crippen LogP contribution >= 0.6 is 35.3 Å². The van der Waals surface area contributed by atoms with Gasteiger partial charge in [0.1, 0.15) is 0 Å². The van der Waals surface area contributed by atoms with Gasteiger partial charge in [-0.25, -0.2) is 4.99 Å². The molecule has 0 spiro atoms. The fourth-order valence-corrected chi connectivity index (χ4v) is 2.23. The van der Waals surface area contributed by atoms with Gasteiger partial charge in [0.25, 0.3) is 0 Å². The minimum Gasteiger partial charge on any atom is -0.466 e. The first-order valence-corrected chi connectivity index (χ1v) is 7.89. The number of halogens is 1. The lowest BCUT2D eigenvalue weighted by atomic mass is 10.3. The summed E-state index contributed by atoms with van der Waals surface area (Å²) in [6.45, 7) is 6.46. The summed E-state index contributed by atoms with van der Waals surface area (Å²) in [4.78, 5) is 15.7. The number of thiophene rings is 1. The lowest BCUT2D eigenvalue weighted by Gasteiger charge is -2.10. The zero-order chi connectivity index (χ0) is 14.6. The van der Waals surface area contributed by atoms with E-state index in [-0.39, 0.29) is 29.9 Å². The van der Waals surface area contributed by atoms with Crippen LogP contribution in [0.4, 0.5) is 0 Å². The van der Waals surface area contributed by atoms with Crippen LogP contribution in [0.1, 0.15) is 32.3 Å². The lowest BCUT2D eigenvalue weighted by Crippen LogP contribution is -2.37. The average molecular weight is 425 g/mol. The molecule has 2 N–H and O–H groups in total. The van der Waals surface area contributed by atoms with Gasteiger partial charge in [-0.3, -0.25) is 4.79 Å². The molecule has 1 aromatic rings. The number of hydrogen-bond donors (Lipinski definition) is 2. The molecular weight excluding hydrogens is 401 g/mol. The van der Waals surface area contributed by atoms with Crippen molar-refractivity contribution in [3.05, 3.63) is 22.4 Å². The molecule has 0 aromatic carbocycles. The molecule has 0 radical (unpaired) electrons. The highest BCUT2D eigenvalue weighted by Gasteiger charge is 2.02. The van der Waals surface area contributed by atoms with Crippen LogP contribution in [0.2, 0.25) is 0 Å². The molecular formula is C14H24IN3O2S. The quantitative estimate of drug-likeness (QED) is 0.221. The van der Waals surface area contributed by atoms with E-state index in [1.54, 1.807) is 11.3 Å². The highest BCUT2D eigenvalue weighted by molar-refractivity contribution is 14.0. The largest absolute Gasteiger partial charge is 0.466 e. The summed E-state index contributed by atoms with van der Waals surface area (Å²) in [6, 6.07) is 2.07. The number of esters is 1. The van der Waals surface area contributed by atoms with E-state index in [9.17, 15) is 4.79 Å². The molecule has 0 fully saturated rings. The molecule has 0 bridgehead atoms. The predicted octanol–water partition coefficient (Wildman–Crippen LogP) is 2.76. The number of hydrogen-bond acceptors (Lipinski definition) is 4. The van der Waals surface area contributed by atoms with Crippen LogP contribution in [0.3, 0.4) is 0 Å². The number of ether oxygens (including phenoxy) is 1. The van der Waals surface area contributed by atoms with Crippen molar-refractivity contribution in [2.45, 2.75) is 33.2 Å². The molecule has 120 valence electrons. The van der Waals surface area contributed by atoms with Gasteiger partial charge in [-0.05, 0) is 42.7 Å². The molecule has 1 rings (SSSR count). The lowest BCUT2D eigenvalue weighted by molar-refractivity contribution is -0.143. The molecule has 0 amide bonds. The van der Waals surface area contributed by atoms with Gasteiger partial charge >= 0.3 is 5.97 Å². The number of nitrogens with one attached hydrogen (secondary N) is 2. The first-order chi connectivity index (χ1) is 9.76. The van der Waals surface area contributed by atoms with Gasteiger partial charge in [0.05, 0.1) is 13.2 Å². The van der Waals surface area contributed by atoms with Gasteiger partial charge in [0, 0.05) is 19.5 Å². The molecule has 7 heteroatoms. The topological polar surface area (TPSA) is 62.7 Å². The van der Waals surface area contributed by atoms with E-state index >= 15 is 0 Å². The van der Waals surface area contributed by atoms with Crippen LogP contribution in [-0.2, 0) is 16.1 Å². The van der Waals surface area contributed by atoms with Crippen molar-refractivity contribution >= 4 is 47.2 Å². The summed E-state index contributed by atoms with van der Waals surface area (Å²) < 4.78 is 4.88. The van der Waals surface area contributed by atoms with Crippen LogP contribution in [0, 0.1) is 0 Å². The molecule has 1 aromatic heterocycles. The fourth-order valence-electron chi connectivity index (χ4n) is 1.57. The van der Waals surface area contributed by atoms with E-state index in [0.29, 0.717) is 26.1 Å². The van der Waals surface area contributed by atoms with E-state index in [0.717, 1.165) is 18.9 Å². The molecule has 0 atom stereocenters. The standard InChI is InChI=1S/C14H23N3O2S.HI/c1-3-15-14(17-10-12-7-9-20-11-12)16-8-5-6-13(18)19-4-2;/h7,9,11H,3-6,8,10H2,1-2H3,(H2,15,16,17);1H. The first kappa shape index (κ1) is 20.2. The SMILES string of the molecule is CCNC(=NCc1ccsc1)NCCCC(=O)OCC.I. The summed E-state index contributed by atoms with van der Waals surface area (Å²) in [5.74, 6) is 0.636. The van der Waals surface area contributed by atoms with Gasteiger partial charge < -0.3 is 15.4 Å². The molecule has 0 saturated carbocycles. The predicted molar refractivity (Wildman–Crippen MR) is 98.4 cm³/mol. The molecule has 0 aliphatic rings. The highest BCUT2D eigenvalue weighted by Crippen LogP contribution is 2.06. The van der Waals surface area contributed by atoms with Crippen molar-refractivity contribution in [3.8, 4) is 0 Å². The molecule has 0 saturated heterocycles. The smallest absolute Gasteiger partial charge is 0.305 e. The summed E-state index contributed by atoms with van der Waals surface area (Å²) >= 11 is 1.67. The van der Waals surface area contributed by atoms with Gasteiger partial charge in [0.15, 0.2) is 5.96 Å². The number of guanidine groups is 1. The van der Waals surface area contributed by atoms with Crippen molar-refractivity contribution < 1.29 is 9.53 Å². The Bertz CT molecular complexity index is 410. The van der Waals surface area contributed by atoms with Gasteiger partial charge in [-0.15, -0.1) is 24.0 Å². The molecule has 21 heavy (non-hydrogen) atoms. The summed E-state index contributed by atoms with van der Waals surface area (Å²) in [6.07, 6.45) is 1.17. The minimum atomic E-state index is -0.144. The maximum absolute atomic E-state index is 11.2. The third-order valence-electron chi connectivity index (χ3n) is 2.50. The zero-order valence-corrected chi connectivity index (χ0v) is 15.7. The van der Waals surface area contributed by atoms with E-state index in [4.69, 9.17) is 4.74 Å². The van der Waals surface area contributed by atoms with Crippen molar-refractivity contribution in [2.75, 3.05) is 19.7 Å². The minimum absolute atomic E-state index is 0. The van der Waals surface area contributed by atoms with Gasteiger partial charge in [-0.1, -0.05) is 0 Å². The van der Waals surface area contributed by atoms with Crippen LogP contribution in [0.15, 0.2) is 21.8 Å². The second-order valence-corrected chi connectivity index (χ2v) is 4.94. The van der Waals surface area contributed by atoms with Crippen LogP contribution < -0.4 is 10.6 Å². The van der Waals surface area contributed by atoms with Gasteiger partial charge in [-0.2, -0.15) is 11.3 Å². The van der Waals surface area contributed by atoms with Crippen molar-refractivity contribution in [2.24, 2.45) is 4.99 Å². The maximum Gasteiger partial charge on any atom is 0.305 e. The van der Waals surface area contributed by atoms with Crippen molar-refractivity contribution in [1.82, 2.24) is 10.6 Å². The zero-order valence-electron chi connectivity index (χ0n) is 12.6. The second-order valence-electron chi connectivity index (χ2n) is 4.16. The Hall–Kier alpha value is -0.830. The normalized spacial score (nSPS) is 10.7. The van der Waals surface area contributed by atoms with E-state index in [1.807, 2.05) is 19.2 Å². The number of carbonyl (C=O) groups is 1. The third kappa shape index (κ3) is 9.67. The van der Waals surface area contributed by atoms with Crippen molar-refractivity contribution in [1.29, 1.82) is 0 Å². The molecule has 5 nitrogen and oxygen atoms in total. The Morgan fingerprint density at radius 1 is 1.38 bits per heavy atom. The molecule has 0 aliphatic heterocycles. The average Bonchev–Trinajstić information content (AvgIpc) is 2.94. The second kappa shape index (κ2) is 12.9. The number of nitrogens with zero attached hydrogens (tertiary/aromatic N) is 1. The van der Waals surface area contributed by atoms with Crippen LogP contribution in [0.25, 0.3) is 0 Å². The number of carbonyl (C=O) groups excluding carboxylic acids is 1. The Labute approximate surface area is 147 Å². The summed E-state index contributed by atoms with van der Waals surface area (Å²) in [5, 5.41) is 10.5. The fraction of sp³-hybridized carbons (Fsp3) is 0.571. The third-order valence-corrected chi connectivity index (χ3v) is 3.23. The van der Waals surface area contributed by atoms with E-state index in [1.165, 1.54) is 5.56 Å². The molecule has 0 unspecified atom stereocenters. The first-order valence-electron chi connectivity index (χ1n) is 6.95.